The molecular formula is C25H24BrN3O5S. The Morgan fingerprint density at radius 3 is 2.51 bits per heavy atom. The number of carbonyl (C=O) groups is 4. The Hall–Kier alpha value is -3.11. The normalized spacial score (nSPS) is 16.8. The molecule has 0 unspecified atom stereocenters. The van der Waals surface area contributed by atoms with E-state index in [2.05, 4.69) is 21.2 Å². The molecule has 2 aliphatic rings. The summed E-state index contributed by atoms with van der Waals surface area (Å²) in [4.78, 5) is 52.5. The summed E-state index contributed by atoms with van der Waals surface area (Å²) < 4.78 is 6.21. The molecule has 0 bridgehead atoms. The average Bonchev–Trinajstić information content (AvgIpc) is 3.45. The van der Waals surface area contributed by atoms with Crippen molar-refractivity contribution in [2.75, 3.05) is 31.6 Å². The second kappa shape index (κ2) is 11.1. The zero-order chi connectivity index (χ0) is 24.9. The van der Waals surface area contributed by atoms with Crippen LogP contribution in [0.25, 0.3) is 6.08 Å². The molecule has 4 rings (SSSR count). The van der Waals surface area contributed by atoms with Gasteiger partial charge in [-0.2, -0.15) is 0 Å². The number of nitrogens with one attached hydrogen (secondary N) is 1. The molecule has 10 heteroatoms. The molecule has 0 radical (unpaired) electrons. The van der Waals surface area contributed by atoms with Crippen molar-refractivity contribution < 1.29 is 23.9 Å². The monoisotopic (exact) mass is 557 g/mol. The number of amides is 4. The van der Waals surface area contributed by atoms with Gasteiger partial charge in [0, 0.05) is 18.8 Å². The largest absolute Gasteiger partial charge is 0.483 e. The van der Waals surface area contributed by atoms with Gasteiger partial charge < -0.3 is 15.0 Å². The lowest BCUT2D eigenvalue weighted by Gasteiger charge is -2.18. The number of hydrogen-bond donors (Lipinski definition) is 1. The molecule has 2 saturated heterocycles. The maximum absolute atomic E-state index is 12.7. The van der Waals surface area contributed by atoms with Crippen molar-refractivity contribution in [2.24, 2.45) is 0 Å². The van der Waals surface area contributed by atoms with Crippen molar-refractivity contribution in [2.45, 2.75) is 19.8 Å². The number of anilines is 1. The molecule has 2 aromatic rings. The number of carbonyl (C=O) groups excluding carboxylic acids is 4. The summed E-state index contributed by atoms with van der Waals surface area (Å²) in [6.07, 6.45) is 3.49. The van der Waals surface area contributed by atoms with E-state index in [1.807, 2.05) is 31.2 Å². The van der Waals surface area contributed by atoms with Crippen LogP contribution in [0.1, 0.15) is 24.0 Å². The van der Waals surface area contributed by atoms with Gasteiger partial charge in [0.2, 0.25) is 5.91 Å². The molecule has 8 nitrogen and oxygen atoms in total. The number of rotatable bonds is 7. The predicted octanol–water partition coefficient (Wildman–Crippen LogP) is 4.43. The van der Waals surface area contributed by atoms with Crippen molar-refractivity contribution in [1.29, 1.82) is 0 Å². The van der Waals surface area contributed by atoms with Gasteiger partial charge in [-0.15, -0.1) is 0 Å². The van der Waals surface area contributed by atoms with E-state index >= 15 is 0 Å². The fourth-order valence-corrected chi connectivity index (χ4v) is 5.04. The third-order valence-corrected chi connectivity index (χ3v) is 7.10. The molecular weight excluding hydrogens is 534 g/mol. The van der Waals surface area contributed by atoms with Crippen LogP contribution in [0.5, 0.6) is 5.75 Å². The van der Waals surface area contributed by atoms with Crippen molar-refractivity contribution in [1.82, 2.24) is 9.80 Å². The Bertz CT molecular complexity index is 1190. The van der Waals surface area contributed by atoms with Crippen molar-refractivity contribution in [3.8, 4) is 5.75 Å². The minimum Gasteiger partial charge on any atom is -0.483 e. The molecule has 0 spiro atoms. The third kappa shape index (κ3) is 6.32. The van der Waals surface area contributed by atoms with Gasteiger partial charge in [0.1, 0.15) is 12.3 Å². The smallest absolute Gasteiger partial charge is 0.294 e. The van der Waals surface area contributed by atoms with Crippen LogP contribution in [0.3, 0.4) is 0 Å². The van der Waals surface area contributed by atoms with Crippen LogP contribution in [0.4, 0.5) is 10.5 Å². The zero-order valence-corrected chi connectivity index (χ0v) is 21.5. The Kier molecular flexibility index (Phi) is 7.92. The summed E-state index contributed by atoms with van der Waals surface area (Å²) in [5.74, 6) is -0.508. The lowest BCUT2D eigenvalue weighted by Crippen LogP contribution is -2.40. The summed E-state index contributed by atoms with van der Waals surface area (Å²) in [6.45, 7) is 2.90. The van der Waals surface area contributed by atoms with E-state index in [-0.39, 0.29) is 29.9 Å². The third-order valence-electron chi connectivity index (χ3n) is 5.57. The first kappa shape index (κ1) is 25.0. The number of aryl methyl sites for hydroxylation is 1. The average molecular weight is 558 g/mol. The molecule has 1 N–H and O–H groups in total. The minimum atomic E-state index is -0.475. The van der Waals surface area contributed by atoms with Gasteiger partial charge in [-0.05, 0) is 83.4 Å². The van der Waals surface area contributed by atoms with Crippen LogP contribution in [0.15, 0.2) is 51.8 Å². The molecule has 0 aliphatic carbocycles. The molecule has 2 heterocycles. The number of hydrogen-bond acceptors (Lipinski definition) is 6. The maximum Gasteiger partial charge on any atom is 0.294 e. The topological polar surface area (TPSA) is 96.0 Å². The number of likely N-dealkylation sites (tertiary alicyclic amines) is 1. The van der Waals surface area contributed by atoms with Gasteiger partial charge in [-0.3, -0.25) is 24.1 Å². The molecule has 182 valence electrons. The molecule has 2 fully saturated rings. The predicted molar refractivity (Wildman–Crippen MR) is 138 cm³/mol. The lowest BCUT2D eigenvalue weighted by molar-refractivity contribution is -0.135. The highest BCUT2D eigenvalue weighted by molar-refractivity contribution is 9.10. The van der Waals surface area contributed by atoms with Crippen LogP contribution in [0, 0.1) is 6.92 Å². The standard InChI is InChI=1S/C25H24BrN3O5S/c1-16-4-7-18(8-5-16)27-22(30)15-34-20-9-6-17(12-19(20)26)13-21-24(32)29(25(33)35-21)14-23(31)28-10-2-3-11-28/h4-9,12-13H,2-3,10-11,14-15H2,1H3,(H,27,30)/b21-13+. The number of benzene rings is 2. The van der Waals surface area contributed by atoms with Gasteiger partial charge in [-0.1, -0.05) is 23.8 Å². The van der Waals surface area contributed by atoms with E-state index < -0.39 is 11.1 Å². The summed E-state index contributed by atoms with van der Waals surface area (Å²) in [5, 5.41) is 2.32. The van der Waals surface area contributed by atoms with Crippen LogP contribution in [-0.2, 0) is 14.4 Å². The molecule has 2 aliphatic heterocycles. The van der Waals surface area contributed by atoms with Crippen LogP contribution < -0.4 is 10.1 Å². The first-order valence-electron chi connectivity index (χ1n) is 11.1. The summed E-state index contributed by atoms with van der Waals surface area (Å²) in [5.41, 5.74) is 2.46. The minimum absolute atomic E-state index is 0.171. The maximum atomic E-state index is 12.7. The van der Waals surface area contributed by atoms with Crippen LogP contribution in [-0.4, -0.2) is 59.0 Å². The SMILES string of the molecule is Cc1ccc(NC(=O)COc2ccc(/C=C3/SC(=O)N(CC(=O)N4CCCC4)C3=O)cc2Br)cc1. The van der Waals surface area contributed by atoms with Crippen molar-refractivity contribution >= 4 is 62.4 Å². The number of thioether (sulfide) groups is 1. The number of ether oxygens (including phenoxy) is 1. The van der Waals surface area contributed by atoms with Gasteiger partial charge >= 0.3 is 0 Å². The highest BCUT2D eigenvalue weighted by Crippen LogP contribution is 2.34. The van der Waals surface area contributed by atoms with Crippen molar-refractivity contribution in [3.05, 3.63) is 63.0 Å². The Balaban J connectivity index is 1.35. The summed E-state index contributed by atoms with van der Waals surface area (Å²) in [6, 6.07) is 12.6. The second-order valence-electron chi connectivity index (χ2n) is 8.25. The van der Waals surface area contributed by atoms with E-state index in [0.29, 0.717) is 34.6 Å². The highest BCUT2D eigenvalue weighted by Gasteiger charge is 2.37. The zero-order valence-electron chi connectivity index (χ0n) is 19.1. The Morgan fingerprint density at radius 2 is 1.83 bits per heavy atom. The second-order valence-corrected chi connectivity index (χ2v) is 10.1. The summed E-state index contributed by atoms with van der Waals surface area (Å²) >= 11 is 4.24. The molecule has 4 amide bonds. The number of imide groups is 1. The number of halogens is 1. The quantitative estimate of drug-likeness (QED) is 0.506. The van der Waals surface area contributed by atoms with Gasteiger partial charge in [-0.25, -0.2) is 0 Å². The highest BCUT2D eigenvalue weighted by atomic mass is 79.9. The van der Waals surface area contributed by atoms with Gasteiger partial charge in [0.05, 0.1) is 9.38 Å². The fraction of sp³-hybridized carbons (Fsp3) is 0.280. The van der Waals surface area contributed by atoms with Crippen molar-refractivity contribution in [3.63, 3.8) is 0 Å². The molecule has 2 aromatic carbocycles. The van der Waals surface area contributed by atoms with Gasteiger partial charge in [0.15, 0.2) is 6.61 Å². The molecule has 0 saturated carbocycles. The van der Waals surface area contributed by atoms with Gasteiger partial charge in [0.25, 0.3) is 17.1 Å². The molecule has 35 heavy (non-hydrogen) atoms. The Labute approximate surface area is 215 Å². The number of nitrogens with zero attached hydrogens (tertiary/aromatic N) is 2. The molecule has 0 atom stereocenters. The van der Waals surface area contributed by atoms with E-state index in [4.69, 9.17) is 4.74 Å². The first-order valence-corrected chi connectivity index (χ1v) is 12.7. The van der Waals surface area contributed by atoms with E-state index in [9.17, 15) is 19.2 Å². The summed E-state index contributed by atoms with van der Waals surface area (Å²) in [7, 11) is 0. The van der Waals surface area contributed by atoms with E-state index in [1.165, 1.54) is 0 Å². The van der Waals surface area contributed by atoms with E-state index in [0.717, 1.165) is 35.1 Å². The fourth-order valence-electron chi connectivity index (χ4n) is 3.69. The first-order chi connectivity index (χ1) is 16.8. The van der Waals surface area contributed by atoms with E-state index in [1.54, 1.807) is 29.2 Å². The van der Waals surface area contributed by atoms with Crippen LogP contribution >= 0.6 is 27.7 Å². The molecule has 0 aromatic heterocycles. The Morgan fingerprint density at radius 1 is 1.11 bits per heavy atom. The van der Waals surface area contributed by atoms with Crippen LogP contribution in [0.2, 0.25) is 0 Å². The lowest BCUT2D eigenvalue weighted by atomic mass is 10.2.